The smallest absolute Gasteiger partial charge is 1.00 e. The van der Waals surface area contributed by atoms with Crippen LogP contribution >= 0.6 is 15.9 Å². The number of aliphatic hydroxyl groups excluding tert-OH is 1. The number of H-pyrrole nitrogens is 1. The molecular formula is C49H81BrFIK2MgN14O15. The van der Waals surface area contributed by atoms with Gasteiger partial charge in [-0.3, -0.25) is 65.8 Å². The number of aryl methyl sites for hydroxylation is 6. The van der Waals surface area contributed by atoms with Crippen LogP contribution in [0.4, 0.5) is 4.39 Å². The van der Waals surface area contributed by atoms with E-state index in [-0.39, 0.29) is 242 Å². The van der Waals surface area contributed by atoms with E-state index in [0.29, 0.717) is 38.5 Å². The van der Waals surface area contributed by atoms with E-state index >= 15 is 0 Å². The van der Waals surface area contributed by atoms with Crippen molar-refractivity contribution in [1.29, 1.82) is 0 Å². The number of nitrogens with zero attached hydrogens (tertiary/aromatic N) is 13. The van der Waals surface area contributed by atoms with Gasteiger partial charge in [0.1, 0.15) is 12.5 Å². The number of imidazole rings is 3. The van der Waals surface area contributed by atoms with Gasteiger partial charge in [0.05, 0.1) is 34.6 Å². The van der Waals surface area contributed by atoms with E-state index in [0.717, 1.165) is 91.8 Å². The van der Waals surface area contributed by atoms with Crippen molar-refractivity contribution >= 4 is 96.5 Å². The van der Waals surface area contributed by atoms with E-state index in [1.54, 1.807) is 7.05 Å². The van der Waals surface area contributed by atoms with Crippen LogP contribution in [-0.4, -0.2) is 172 Å². The predicted octanol–water partition coefficient (Wildman–Crippen LogP) is -8.62. The topological polar surface area (TPSA) is 342 Å². The number of carbonyl (C=O) groups excluding carboxylic acids is 4. The molecule has 2 N–H and O–H groups in total. The van der Waals surface area contributed by atoms with E-state index in [4.69, 9.17) is 42.6 Å². The van der Waals surface area contributed by atoms with Crippen molar-refractivity contribution in [1.82, 2.24) is 66.4 Å². The summed E-state index contributed by atoms with van der Waals surface area (Å²) in [6.07, 6.45) is 10.5. The number of amides is 2. The maximum Gasteiger partial charge on any atom is 2.00 e. The van der Waals surface area contributed by atoms with Gasteiger partial charge in [0.25, 0.3) is 23.2 Å². The summed E-state index contributed by atoms with van der Waals surface area (Å²) in [5.41, 5.74) is -4.29. The van der Waals surface area contributed by atoms with E-state index in [1.165, 1.54) is 60.1 Å². The number of aromatic nitrogens is 12. The third kappa shape index (κ3) is 29.2. The van der Waals surface area contributed by atoms with E-state index in [2.05, 4.69) is 35.8 Å². The number of hydrogen-bond donors (Lipinski definition) is 2. The number of halogens is 3. The maximum atomic E-state index is 12.6. The van der Waals surface area contributed by atoms with Gasteiger partial charge in [-0.25, -0.2) is 38.5 Å². The number of unbranched alkanes of at least 4 members (excludes halogenated alkanes) is 3. The number of rotatable bonds is 17. The first-order valence-electron chi connectivity index (χ1n) is 30.2. The minimum atomic E-state index is -2.59. The van der Waals surface area contributed by atoms with Crippen molar-refractivity contribution in [2.45, 2.75) is 98.1 Å². The minimum Gasteiger partial charge on any atom is -1.00 e. The number of ketones is 1. The van der Waals surface area contributed by atoms with Gasteiger partial charge in [0, 0.05) is 119 Å². The molecule has 0 spiro atoms. The third-order valence-electron chi connectivity index (χ3n) is 11.0. The van der Waals surface area contributed by atoms with Crippen LogP contribution in [0.25, 0.3) is 33.5 Å². The molecule has 1 aliphatic rings. The molecule has 1 saturated heterocycles. The zero-order valence-corrected chi connectivity index (χ0v) is 59.3. The number of hydrogen-bond acceptors (Lipinski definition) is 18. The predicted molar refractivity (Wildman–Crippen MR) is 307 cm³/mol. The summed E-state index contributed by atoms with van der Waals surface area (Å²) in [4.78, 5) is 137. The Balaban J connectivity index is -0.000000210. The Morgan fingerprint density at radius 2 is 1.20 bits per heavy atom. The molecule has 0 aliphatic carbocycles. The summed E-state index contributed by atoms with van der Waals surface area (Å²) in [7, 11) is 6.99. The molecule has 462 valence electrons. The summed E-state index contributed by atoms with van der Waals surface area (Å²) >= 11 is 3.30. The Kier molecular flexibility index (Phi) is 40.5. The Labute approximate surface area is 632 Å². The molecule has 0 aromatic carbocycles. The number of aliphatic hydroxyl groups is 1. The first kappa shape index (κ1) is 67.5. The summed E-state index contributed by atoms with van der Waals surface area (Å²) in [6, 6.07) is 0. The summed E-state index contributed by atoms with van der Waals surface area (Å²) in [5.74, 6) is -0.168. The number of nitrogens with one attached hydrogen (secondary N) is 1. The van der Waals surface area contributed by atoms with E-state index in [9.17, 15) is 47.5 Å². The fraction of sp³-hybridized carbons (Fsp3) is 0.592. The first-order chi connectivity index (χ1) is 42.8. The van der Waals surface area contributed by atoms with Crippen molar-refractivity contribution < 1.29 is 194 Å². The summed E-state index contributed by atoms with van der Waals surface area (Å²) in [5, 5.41) is 19.5. The zero-order chi connectivity index (χ0) is 71.0. The Morgan fingerprint density at radius 3 is 1.56 bits per heavy atom. The van der Waals surface area contributed by atoms with Crippen molar-refractivity contribution in [3.8, 4) is 0 Å². The molecule has 7 rings (SSSR count). The molecule has 0 radical (unpaired) electrons. The minimum absolute atomic E-state index is 0. The SMILES string of the molecule is C.C1CCOC1.CON(C)C(=O)CCCCBr.O=CO[O-].[2H]C([2H])([2H])n1cnc2c1c(=O)[nH]c(=O)n2C.[2H]C([2H])([2H])n1cnc2c1c(=O)n(CCCCC(=O)N(C)CO)c(=O)n2C.[2H]C([2H])([2H])n1cnc2c1c(=O)n(CCCCC(C)=O)c(=O)n2C.[2H]CF.[2H][C-]([2H])[2H].[H-].[I-].[K+].[K+].[Mg+2]. The van der Waals surface area contributed by atoms with Crippen molar-refractivity contribution in [3.05, 3.63) is 88.9 Å². The fourth-order valence-corrected chi connectivity index (χ4v) is 7.06. The molecule has 0 bridgehead atoms. The molecule has 0 atom stereocenters. The van der Waals surface area contributed by atoms with Gasteiger partial charge in [-0.15, -0.1) is 0 Å². The monoisotopic (exact) mass is 1450 g/mol. The van der Waals surface area contributed by atoms with Gasteiger partial charge < -0.3 is 76.1 Å². The van der Waals surface area contributed by atoms with Gasteiger partial charge in [-0.1, -0.05) is 23.4 Å². The molecule has 6 aromatic heterocycles. The van der Waals surface area contributed by atoms with Crippen molar-refractivity contribution in [2.75, 3.05) is 53.6 Å². The molecule has 0 unspecified atom stereocenters. The second-order valence-corrected chi connectivity index (χ2v) is 17.1. The number of fused-ring (bicyclic) bond motifs is 3. The van der Waals surface area contributed by atoms with Crippen LogP contribution in [0.1, 0.15) is 104 Å². The maximum absolute atomic E-state index is 12.6. The summed E-state index contributed by atoms with van der Waals surface area (Å²) in [6.45, 7) is -4.56. The van der Waals surface area contributed by atoms with E-state index < -0.39 is 69.2 Å². The number of Topliss-reactive ketones (excluding diaryl/α,β-unsaturated/α-hetero) is 1. The van der Waals surface area contributed by atoms with Gasteiger partial charge in [-0.2, -0.15) is 0 Å². The van der Waals surface area contributed by atoms with Crippen LogP contribution in [0, 0.1) is 7.35 Å². The molecule has 6 aromatic rings. The second kappa shape index (κ2) is 50.4. The van der Waals surface area contributed by atoms with E-state index in [1.807, 2.05) is 4.98 Å². The van der Waals surface area contributed by atoms with Crippen LogP contribution in [0.3, 0.4) is 0 Å². The quantitative estimate of drug-likeness (QED) is 0.00986. The van der Waals surface area contributed by atoms with Crippen LogP contribution in [-0.2, 0) is 88.8 Å². The van der Waals surface area contributed by atoms with Crippen LogP contribution in [0.5, 0.6) is 0 Å². The van der Waals surface area contributed by atoms with Gasteiger partial charge in [0.2, 0.25) is 11.8 Å². The van der Waals surface area contributed by atoms with Gasteiger partial charge in [-0.05, 0) is 58.3 Å². The van der Waals surface area contributed by atoms with Gasteiger partial charge in [0.15, 0.2) is 33.5 Å². The molecule has 35 heteroatoms. The molecule has 1 fully saturated rings. The van der Waals surface area contributed by atoms with Gasteiger partial charge >= 0.3 is 143 Å². The first-order valence-corrected chi connectivity index (χ1v) is 24.6. The number of hydroxylamine groups is 2. The molecule has 1 aliphatic heterocycles. The van der Waals surface area contributed by atoms with Crippen molar-refractivity contribution in [3.63, 3.8) is 0 Å². The zero-order valence-electron chi connectivity index (χ0n) is 61.9. The molecule has 7 heterocycles. The van der Waals surface area contributed by atoms with Crippen LogP contribution < -0.4 is 166 Å². The fourth-order valence-electron chi connectivity index (χ4n) is 6.67. The Bertz CT molecular complexity index is 3670. The standard InChI is InChI=1S/C14H21N5O4.C13H18N4O3.C7H14BrNO2.C7H8N4O2.C4H8O.CH3F.CH2O3.CH4.CH3.HI.2K.Mg.H/c1-16-8-15-12-11(16)13(22)19(14(23)18(12)3)7-5-4-6-10(21)17(2)9-20;1-9(18)6-4-5-7-17-12(19)10-11(14-8-15(10)2)16(3)13(17)20;1-9(11-2)7(10)5-3-4-6-8;1-10-3-8-5-4(10)6(12)9-7(13)11(5)2;1-2-4-5-3-1;1-2;2-1-4-3;;;;;;;/h8,20H,4-7,9H2,1-3H3;8H,4-7H2,1-3H3;3-6H2,1-2H3;3H,1-2H3,(H,9,12,13);1-4H2;1H3;1,3H;1H4;1H3;1H;;;;/q;;;;;;;;-1;;2*+1;+2;-1/p-2/i1D3;2D3;;1D3;;1D;;;1D3;;;;;. The third-order valence-corrected chi connectivity index (χ3v) is 11.5. The average molecular weight is 1450 g/mol. The summed E-state index contributed by atoms with van der Waals surface area (Å²) < 4.78 is 112. The average Bonchev–Trinajstić information content (AvgIpc) is 1.57. The molecule has 0 saturated carbocycles. The molecular weight excluding hydrogens is 1350 g/mol. The molecule has 2 amide bonds. The number of aromatic amines is 1. The Morgan fingerprint density at radius 1 is 0.810 bits per heavy atom. The number of alkyl halides is 2. The second-order valence-electron chi connectivity index (χ2n) is 16.4. The molecule has 29 nitrogen and oxygen atoms in total. The largest absolute Gasteiger partial charge is 2.00 e. The van der Waals surface area contributed by atoms with Crippen LogP contribution in [0.2, 0.25) is 0 Å². The molecule has 84 heavy (non-hydrogen) atoms. The van der Waals surface area contributed by atoms with Crippen LogP contribution in [0.15, 0.2) is 47.7 Å². The number of ether oxygens (including phenoxy) is 1. The number of carbonyl (C=O) groups is 4. The Hall–Kier alpha value is -2.45. The normalized spacial score (nSPS) is 13.1. The van der Waals surface area contributed by atoms with Crippen molar-refractivity contribution in [2.24, 2.45) is 42.1 Å².